The molecule has 1 aromatic carbocycles. The molecule has 118 valence electrons. The molecule has 0 N–H and O–H groups in total. The first-order chi connectivity index (χ1) is 10.4. The molecular weight excluding hydrogens is 328 g/mol. The molecule has 0 unspecified atom stereocenters. The number of hydrogen-bond acceptors (Lipinski definition) is 2. The van der Waals surface area contributed by atoms with E-state index in [9.17, 15) is 0 Å². The fourth-order valence-electron chi connectivity index (χ4n) is 1.95. The van der Waals surface area contributed by atoms with E-state index in [1.165, 1.54) is 37.7 Å². The molecule has 1 aromatic rings. The predicted molar refractivity (Wildman–Crippen MR) is 92.7 cm³/mol. The molecular formula is C18H27BrO2. The third-order valence-electron chi connectivity index (χ3n) is 3.13. The van der Waals surface area contributed by atoms with E-state index < -0.39 is 0 Å². The van der Waals surface area contributed by atoms with Crippen LogP contribution in [0.25, 0.3) is 0 Å². The number of benzene rings is 1. The molecule has 0 radical (unpaired) electrons. The summed E-state index contributed by atoms with van der Waals surface area (Å²) < 4.78 is 10.9. The Kier molecular flexibility index (Phi) is 12.5. The number of ether oxygens (including phenoxy) is 2. The normalized spacial score (nSPS) is 11.3. The van der Waals surface area contributed by atoms with Crippen LogP contribution in [0.1, 0.15) is 44.1 Å². The Balaban J connectivity index is 1.82. The quantitative estimate of drug-likeness (QED) is 0.202. The molecule has 3 heteroatoms. The first kappa shape index (κ1) is 18.4. The van der Waals surface area contributed by atoms with E-state index in [0.717, 1.165) is 18.4 Å². The number of allylic oxidation sites excluding steroid dienone is 1. The second kappa shape index (κ2) is 14.3. The summed E-state index contributed by atoms with van der Waals surface area (Å²) in [6, 6.07) is 10.2. The lowest BCUT2D eigenvalue weighted by Crippen LogP contribution is -2.01. The van der Waals surface area contributed by atoms with Crippen LogP contribution in [-0.2, 0) is 16.1 Å². The van der Waals surface area contributed by atoms with Gasteiger partial charge in [0.25, 0.3) is 0 Å². The molecule has 0 aliphatic rings. The van der Waals surface area contributed by atoms with Crippen LogP contribution < -0.4 is 0 Å². The van der Waals surface area contributed by atoms with Crippen LogP contribution in [0.3, 0.4) is 0 Å². The van der Waals surface area contributed by atoms with E-state index in [4.69, 9.17) is 9.47 Å². The van der Waals surface area contributed by atoms with Crippen molar-refractivity contribution in [2.45, 2.75) is 45.1 Å². The van der Waals surface area contributed by atoms with Crippen LogP contribution >= 0.6 is 15.9 Å². The summed E-state index contributed by atoms with van der Waals surface area (Å²) in [7, 11) is 0. The van der Waals surface area contributed by atoms with Crippen LogP contribution in [0, 0.1) is 0 Å². The SMILES string of the molecule is BrCCCCCCC=CCCOCOCc1ccccc1. The van der Waals surface area contributed by atoms with Crippen LogP contribution in [0.15, 0.2) is 42.5 Å². The van der Waals surface area contributed by atoms with Gasteiger partial charge in [-0.2, -0.15) is 0 Å². The lowest BCUT2D eigenvalue weighted by Gasteiger charge is -2.04. The second-order valence-electron chi connectivity index (χ2n) is 5.01. The third-order valence-corrected chi connectivity index (χ3v) is 3.69. The van der Waals surface area contributed by atoms with E-state index in [2.05, 4.69) is 40.2 Å². The summed E-state index contributed by atoms with van der Waals surface area (Å²) in [5.41, 5.74) is 1.18. The summed E-state index contributed by atoms with van der Waals surface area (Å²) in [5, 5.41) is 1.13. The third kappa shape index (κ3) is 11.7. The van der Waals surface area contributed by atoms with Gasteiger partial charge in [-0.05, 0) is 31.2 Å². The highest BCUT2D eigenvalue weighted by molar-refractivity contribution is 9.09. The van der Waals surface area contributed by atoms with E-state index in [1.54, 1.807) is 0 Å². The summed E-state index contributed by atoms with van der Waals surface area (Å²) in [5.74, 6) is 0. The van der Waals surface area contributed by atoms with Gasteiger partial charge in [-0.1, -0.05) is 71.3 Å². The lowest BCUT2D eigenvalue weighted by atomic mass is 10.1. The van der Waals surface area contributed by atoms with Crippen molar-refractivity contribution in [1.29, 1.82) is 0 Å². The van der Waals surface area contributed by atoms with Gasteiger partial charge >= 0.3 is 0 Å². The van der Waals surface area contributed by atoms with Crippen molar-refractivity contribution in [2.75, 3.05) is 18.7 Å². The maximum atomic E-state index is 5.45. The van der Waals surface area contributed by atoms with Crippen molar-refractivity contribution >= 4 is 15.9 Å². The Bertz CT molecular complexity index is 351. The Morgan fingerprint density at radius 1 is 0.857 bits per heavy atom. The molecule has 0 amide bonds. The van der Waals surface area contributed by atoms with Gasteiger partial charge in [-0.3, -0.25) is 0 Å². The zero-order valence-corrected chi connectivity index (χ0v) is 14.4. The molecule has 0 saturated heterocycles. The zero-order chi connectivity index (χ0) is 15.0. The molecule has 0 bridgehead atoms. The van der Waals surface area contributed by atoms with Crippen LogP contribution in [-0.4, -0.2) is 18.7 Å². The van der Waals surface area contributed by atoms with Gasteiger partial charge in [0.15, 0.2) is 0 Å². The maximum Gasteiger partial charge on any atom is 0.147 e. The number of hydrogen-bond donors (Lipinski definition) is 0. The van der Waals surface area contributed by atoms with Gasteiger partial charge in [-0.15, -0.1) is 0 Å². The van der Waals surface area contributed by atoms with E-state index in [0.29, 0.717) is 13.4 Å². The monoisotopic (exact) mass is 354 g/mol. The average Bonchev–Trinajstić information content (AvgIpc) is 2.53. The molecule has 1 rings (SSSR count). The minimum absolute atomic E-state index is 0.370. The van der Waals surface area contributed by atoms with E-state index in [-0.39, 0.29) is 0 Å². The molecule has 0 saturated carbocycles. The predicted octanol–water partition coefficient (Wildman–Crippen LogP) is 5.47. The maximum absolute atomic E-state index is 5.45. The van der Waals surface area contributed by atoms with Gasteiger partial charge in [0, 0.05) is 5.33 Å². The number of alkyl halides is 1. The van der Waals surface area contributed by atoms with Gasteiger partial charge in [-0.25, -0.2) is 0 Å². The molecule has 0 spiro atoms. The lowest BCUT2D eigenvalue weighted by molar-refractivity contribution is -0.0600. The molecule has 0 aliphatic carbocycles. The fraction of sp³-hybridized carbons (Fsp3) is 0.556. The largest absolute Gasteiger partial charge is 0.355 e. The van der Waals surface area contributed by atoms with E-state index in [1.807, 2.05) is 18.2 Å². The zero-order valence-electron chi connectivity index (χ0n) is 12.8. The molecule has 2 nitrogen and oxygen atoms in total. The number of halogens is 1. The second-order valence-corrected chi connectivity index (χ2v) is 5.81. The minimum Gasteiger partial charge on any atom is -0.355 e. The summed E-state index contributed by atoms with van der Waals surface area (Å²) in [6.45, 7) is 1.72. The Hall–Kier alpha value is -0.640. The highest BCUT2D eigenvalue weighted by Gasteiger charge is 1.91. The van der Waals surface area contributed by atoms with Crippen LogP contribution in [0.2, 0.25) is 0 Å². The van der Waals surface area contributed by atoms with Crippen molar-refractivity contribution in [3.8, 4) is 0 Å². The van der Waals surface area contributed by atoms with Crippen LogP contribution in [0.4, 0.5) is 0 Å². The first-order valence-corrected chi connectivity index (χ1v) is 8.96. The van der Waals surface area contributed by atoms with Crippen molar-refractivity contribution < 1.29 is 9.47 Å². The summed E-state index contributed by atoms with van der Waals surface area (Å²) in [4.78, 5) is 0. The van der Waals surface area contributed by atoms with Crippen molar-refractivity contribution in [3.63, 3.8) is 0 Å². The Labute approximate surface area is 137 Å². The van der Waals surface area contributed by atoms with Gasteiger partial charge in [0.1, 0.15) is 6.79 Å². The summed E-state index contributed by atoms with van der Waals surface area (Å²) >= 11 is 3.45. The highest BCUT2D eigenvalue weighted by atomic mass is 79.9. The topological polar surface area (TPSA) is 18.5 Å². The van der Waals surface area contributed by atoms with Crippen molar-refractivity contribution in [2.24, 2.45) is 0 Å². The first-order valence-electron chi connectivity index (χ1n) is 7.84. The molecule has 0 aliphatic heterocycles. The molecule has 0 fully saturated rings. The Morgan fingerprint density at radius 2 is 1.62 bits per heavy atom. The number of unbranched alkanes of at least 4 members (excludes halogenated alkanes) is 4. The van der Waals surface area contributed by atoms with Gasteiger partial charge in [0.2, 0.25) is 0 Å². The minimum atomic E-state index is 0.370. The highest BCUT2D eigenvalue weighted by Crippen LogP contribution is 2.05. The molecule has 21 heavy (non-hydrogen) atoms. The smallest absolute Gasteiger partial charge is 0.147 e. The van der Waals surface area contributed by atoms with Crippen molar-refractivity contribution in [1.82, 2.24) is 0 Å². The van der Waals surface area contributed by atoms with E-state index >= 15 is 0 Å². The average molecular weight is 355 g/mol. The fourth-order valence-corrected chi connectivity index (χ4v) is 2.35. The summed E-state index contributed by atoms with van der Waals surface area (Å²) in [6.07, 6.45) is 11.9. The molecule has 0 aromatic heterocycles. The Morgan fingerprint density at radius 3 is 2.43 bits per heavy atom. The van der Waals surface area contributed by atoms with Gasteiger partial charge < -0.3 is 9.47 Å². The molecule has 0 atom stereocenters. The van der Waals surface area contributed by atoms with Crippen molar-refractivity contribution in [3.05, 3.63) is 48.0 Å². The molecule has 0 heterocycles. The number of rotatable bonds is 13. The van der Waals surface area contributed by atoms with Gasteiger partial charge in [0.05, 0.1) is 13.2 Å². The standard InChI is InChI=1S/C18H27BrO2/c19-14-10-5-3-1-2-4-6-11-15-20-17-21-16-18-12-8-7-9-13-18/h4,6-9,12-13H,1-3,5,10-11,14-17H2. The van der Waals surface area contributed by atoms with Crippen LogP contribution in [0.5, 0.6) is 0 Å².